The number of nitrogens with two attached hydrogens (primary N) is 1. The van der Waals surface area contributed by atoms with Gasteiger partial charge in [0.1, 0.15) is 18.2 Å². The van der Waals surface area contributed by atoms with Crippen molar-refractivity contribution in [2.75, 3.05) is 20.2 Å². The van der Waals surface area contributed by atoms with E-state index in [0.29, 0.717) is 25.3 Å². The van der Waals surface area contributed by atoms with Crippen molar-refractivity contribution in [2.24, 2.45) is 5.73 Å². The summed E-state index contributed by atoms with van der Waals surface area (Å²) < 4.78 is 18.4. The van der Waals surface area contributed by atoms with Crippen LogP contribution in [0.4, 0.5) is 4.39 Å². The van der Waals surface area contributed by atoms with E-state index in [9.17, 15) is 9.18 Å². The van der Waals surface area contributed by atoms with Crippen LogP contribution in [0.3, 0.4) is 0 Å². The lowest BCUT2D eigenvalue weighted by Crippen LogP contribution is -2.50. The van der Waals surface area contributed by atoms with Crippen LogP contribution in [-0.2, 0) is 4.79 Å². The molecule has 1 aliphatic carbocycles. The monoisotopic (exact) mass is 280 g/mol. The second kappa shape index (κ2) is 6.22. The Morgan fingerprint density at radius 1 is 1.50 bits per heavy atom. The fraction of sp³-hybridized carbons (Fsp3) is 0.533. The molecule has 0 heterocycles. The van der Waals surface area contributed by atoms with E-state index in [4.69, 9.17) is 10.5 Å². The summed E-state index contributed by atoms with van der Waals surface area (Å²) in [6.45, 7) is 0.800. The number of rotatable bonds is 6. The Bertz CT molecular complexity index is 475. The molecule has 0 unspecified atom stereocenters. The summed E-state index contributed by atoms with van der Waals surface area (Å²) >= 11 is 0. The quantitative estimate of drug-likeness (QED) is 0.866. The van der Waals surface area contributed by atoms with Crippen molar-refractivity contribution in [1.82, 2.24) is 4.90 Å². The third kappa shape index (κ3) is 3.93. The topological polar surface area (TPSA) is 55.6 Å². The highest BCUT2D eigenvalue weighted by atomic mass is 19.1. The van der Waals surface area contributed by atoms with Crippen molar-refractivity contribution in [2.45, 2.75) is 31.2 Å². The standard InChI is InChI=1S/C15H21FN2O2/c1-18(14(19)11-15(17)6-3-7-15)8-9-20-13-5-2-4-12(16)10-13/h2,4-5,10H,3,6-9,11,17H2,1H3. The first-order valence-corrected chi connectivity index (χ1v) is 6.90. The van der Waals surface area contributed by atoms with Crippen LogP contribution in [0.5, 0.6) is 5.75 Å². The number of benzene rings is 1. The van der Waals surface area contributed by atoms with Crippen LogP contribution >= 0.6 is 0 Å². The molecule has 1 aromatic carbocycles. The first kappa shape index (κ1) is 14.8. The molecule has 5 heteroatoms. The Kier molecular flexibility index (Phi) is 4.60. The summed E-state index contributed by atoms with van der Waals surface area (Å²) in [4.78, 5) is 13.6. The Morgan fingerprint density at radius 2 is 2.25 bits per heavy atom. The second-order valence-corrected chi connectivity index (χ2v) is 5.51. The number of hydrogen-bond donors (Lipinski definition) is 1. The van der Waals surface area contributed by atoms with Crippen LogP contribution in [0, 0.1) is 5.82 Å². The summed E-state index contributed by atoms with van der Waals surface area (Å²) in [6, 6.07) is 5.97. The molecule has 2 rings (SSSR count). The Hall–Kier alpha value is -1.62. The normalized spacial score (nSPS) is 16.4. The van der Waals surface area contributed by atoms with Gasteiger partial charge in [0.05, 0.1) is 6.54 Å². The van der Waals surface area contributed by atoms with Crippen LogP contribution in [0.2, 0.25) is 0 Å². The largest absolute Gasteiger partial charge is 0.492 e. The zero-order valence-electron chi connectivity index (χ0n) is 11.8. The first-order valence-electron chi connectivity index (χ1n) is 6.90. The van der Waals surface area contributed by atoms with Gasteiger partial charge in [-0.3, -0.25) is 4.79 Å². The predicted molar refractivity (Wildman–Crippen MR) is 74.9 cm³/mol. The highest BCUT2D eigenvalue weighted by molar-refractivity contribution is 5.77. The maximum Gasteiger partial charge on any atom is 0.224 e. The molecule has 0 spiro atoms. The van der Waals surface area contributed by atoms with Crippen molar-refractivity contribution >= 4 is 5.91 Å². The zero-order chi connectivity index (χ0) is 14.6. The molecule has 0 aromatic heterocycles. The summed E-state index contributed by atoms with van der Waals surface area (Å²) in [5.41, 5.74) is 5.76. The molecule has 110 valence electrons. The average Bonchev–Trinajstić information content (AvgIpc) is 2.36. The molecule has 0 saturated heterocycles. The third-order valence-corrected chi connectivity index (χ3v) is 3.77. The summed E-state index contributed by atoms with van der Waals surface area (Å²) in [5.74, 6) is 0.178. The lowest BCUT2D eigenvalue weighted by Gasteiger charge is -2.38. The smallest absolute Gasteiger partial charge is 0.224 e. The van der Waals surface area contributed by atoms with Crippen LogP contribution in [0.25, 0.3) is 0 Å². The van der Waals surface area contributed by atoms with Gasteiger partial charge in [-0.15, -0.1) is 0 Å². The molecule has 4 nitrogen and oxygen atoms in total. The molecule has 1 aromatic rings. The molecule has 0 radical (unpaired) electrons. The third-order valence-electron chi connectivity index (χ3n) is 3.77. The molecule has 2 N–H and O–H groups in total. The summed E-state index contributed by atoms with van der Waals surface area (Å²) in [7, 11) is 1.74. The van der Waals surface area contributed by atoms with Crippen LogP contribution in [0.1, 0.15) is 25.7 Å². The SMILES string of the molecule is CN(CCOc1cccc(F)c1)C(=O)CC1(N)CCC1. The number of likely N-dealkylation sites (N-methyl/N-ethyl adjacent to an activating group) is 1. The van der Waals surface area contributed by atoms with Gasteiger partial charge in [0, 0.05) is 25.1 Å². The predicted octanol–water partition coefficient (Wildman–Crippen LogP) is 1.93. The van der Waals surface area contributed by atoms with E-state index in [0.717, 1.165) is 19.3 Å². The van der Waals surface area contributed by atoms with Crippen molar-refractivity contribution in [3.63, 3.8) is 0 Å². The van der Waals surface area contributed by atoms with E-state index in [1.165, 1.54) is 12.1 Å². The first-order chi connectivity index (χ1) is 9.48. The van der Waals surface area contributed by atoms with Gasteiger partial charge in [0.15, 0.2) is 0 Å². The van der Waals surface area contributed by atoms with E-state index in [-0.39, 0.29) is 17.3 Å². The fourth-order valence-corrected chi connectivity index (χ4v) is 2.23. The minimum Gasteiger partial charge on any atom is -0.492 e. The maximum atomic E-state index is 13.0. The minimum atomic E-state index is -0.331. The molecule has 1 amide bonds. The highest BCUT2D eigenvalue weighted by Gasteiger charge is 2.35. The molecule has 0 atom stereocenters. The molecule has 0 bridgehead atoms. The molecule has 20 heavy (non-hydrogen) atoms. The van der Waals surface area contributed by atoms with Crippen molar-refractivity contribution < 1.29 is 13.9 Å². The van der Waals surface area contributed by atoms with E-state index in [2.05, 4.69) is 0 Å². The van der Waals surface area contributed by atoms with Gasteiger partial charge >= 0.3 is 0 Å². The van der Waals surface area contributed by atoms with Crippen molar-refractivity contribution in [1.29, 1.82) is 0 Å². The molecular formula is C15H21FN2O2. The lowest BCUT2D eigenvalue weighted by molar-refractivity contribution is -0.132. The van der Waals surface area contributed by atoms with Gasteiger partial charge in [0.25, 0.3) is 0 Å². The number of carbonyl (C=O) groups is 1. The van der Waals surface area contributed by atoms with E-state index in [1.54, 1.807) is 24.1 Å². The number of ether oxygens (including phenoxy) is 1. The van der Waals surface area contributed by atoms with Gasteiger partial charge in [-0.2, -0.15) is 0 Å². The fourth-order valence-electron chi connectivity index (χ4n) is 2.23. The van der Waals surface area contributed by atoms with Gasteiger partial charge < -0.3 is 15.4 Å². The number of halogens is 1. The van der Waals surface area contributed by atoms with Crippen molar-refractivity contribution in [3.8, 4) is 5.75 Å². The second-order valence-electron chi connectivity index (χ2n) is 5.51. The molecule has 1 aliphatic rings. The van der Waals surface area contributed by atoms with Gasteiger partial charge in [-0.1, -0.05) is 6.07 Å². The highest BCUT2D eigenvalue weighted by Crippen LogP contribution is 2.32. The van der Waals surface area contributed by atoms with E-state index in [1.807, 2.05) is 0 Å². The molecule has 1 fully saturated rings. The van der Waals surface area contributed by atoms with Crippen LogP contribution in [0.15, 0.2) is 24.3 Å². The van der Waals surface area contributed by atoms with Gasteiger partial charge in [-0.25, -0.2) is 4.39 Å². The number of hydrogen-bond acceptors (Lipinski definition) is 3. The van der Waals surface area contributed by atoms with Gasteiger partial charge in [0.2, 0.25) is 5.91 Å². The Labute approximate surface area is 118 Å². The lowest BCUT2D eigenvalue weighted by atomic mass is 9.75. The number of amides is 1. The van der Waals surface area contributed by atoms with Gasteiger partial charge in [-0.05, 0) is 31.4 Å². The summed E-state index contributed by atoms with van der Waals surface area (Å²) in [5, 5.41) is 0. The Morgan fingerprint density at radius 3 is 2.85 bits per heavy atom. The number of nitrogens with zero attached hydrogens (tertiary/aromatic N) is 1. The number of carbonyl (C=O) groups excluding carboxylic acids is 1. The van der Waals surface area contributed by atoms with E-state index >= 15 is 0 Å². The molecule has 1 saturated carbocycles. The Balaban J connectivity index is 1.71. The molecular weight excluding hydrogens is 259 g/mol. The minimum absolute atomic E-state index is 0.0371. The maximum absolute atomic E-state index is 13.0. The molecule has 0 aliphatic heterocycles. The zero-order valence-corrected chi connectivity index (χ0v) is 11.8. The van der Waals surface area contributed by atoms with Crippen molar-refractivity contribution in [3.05, 3.63) is 30.1 Å². The van der Waals surface area contributed by atoms with Crippen LogP contribution < -0.4 is 10.5 Å². The van der Waals surface area contributed by atoms with Crippen LogP contribution in [-0.4, -0.2) is 36.5 Å². The average molecular weight is 280 g/mol. The van der Waals surface area contributed by atoms with E-state index < -0.39 is 0 Å². The summed E-state index contributed by atoms with van der Waals surface area (Å²) in [6.07, 6.45) is 3.35.